The molecule has 1 aliphatic rings. The smallest absolute Gasteiger partial charge is 0.339 e. The van der Waals surface area contributed by atoms with Gasteiger partial charge in [0.2, 0.25) is 11.9 Å². The molecule has 1 amide bonds. The predicted molar refractivity (Wildman–Crippen MR) is 65.9 cm³/mol. The molecule has 2 aromatic heterocycles. The first-order chi connectivity index (χ1) is 9.16. The Morgan fingerprint density at radius 3 is 2.79 bits per heavy atom. The summed E-state index contributed by atoms with van der Waals surface area (Å²) in [4.78, 5) is 22.9. The minimum absolute atomic E-state index is 0.0370. The van der Waals surface area contributed by atoms with Crippen LogP contribution in [0.25, 0.3) is 5.65 Å². The number of aromatic nitrogens is 3. The van der Waals surface area contributed by atoms with E-state index in [4.69, 9.17) is 5.11 Å². The molecule has 0 bridgehead atoms. The lowest BCUT2D eigenvalue weighted by Crippen LogP contribution is -2.28. The molecule has 7 nitrogen and oxygen atoms in total. The van der Waals surface area contributed by atoms with E-state index in [2.05, 4.69) is 15.5 Å². The second kappa shape index (κ2) is 4.34. The molecule has 2 aromatic rings. The second-order valence-corrected chi connectivity index (χ2v) is 4.56. The van der Waals surface area contributed by atoms with Crippen LogP contribution in [0.4, 0.5) is 5.95 Å². The Labute approximate surface area is 108 Å². The molecular weight excluding hydrogens is 248 g/mol. The molecule has 19 heavy (non-hydrogen) atoms. The Hall–Kier alpha value is -2.44. The number of hydrogen-bond acceptors (Lipinski definition) is 4. The van der Waals surface area contributed by atoms with Crippen LogP contribution in [0.3, 0.4) is 0 Å². The highest BCUT2D eigenvalue weighted by atomic mass is 16.4. The molecule has 1 aliphatic carbocycles. The Morgan fingerprint density at radius 2 is 2.16 bits per heavy atom. The average Bonchev–Trinajstić information content (AvgIpc) is 2.70. The minimum Gasteiger partial charge on any atom is -0.478 e. The van der Waals surface area contributed by atoms with Gasteiger partial charge in [-0.1, -0.05) is 6.42 Å². The molecule has 3 rings (SSSR count). The third kappa shape index (κ3) is 1.92. The quantitative estimate of drug-likeness (QED) is 0.863. The number of carbonyl (C=O) groups excluding carboxylic acids is 1. The fourth-order valence-electron chi connectivity index (χ4n) is 2.05. The van der Waals surface area contributed by atoms with E-state index in [9.17, 15) is 9.59 Å². The summed E-state index contributed by atoms with van der Waals surface area (Å²) in [6, 6.07) is 3.03. The van der Waals surface area contributed by atoms with Crippen molar-refractivity contribution in [3.05, 3.63) is 23.9 Å². The highest BCUT2D eigenvalue weighted by molar-refractivity contribution is 5.95. The molecule has 0 unspecified atom stereocenters. The zero-order valence-electron chi connectivity index (χ0n) is 10.0. The monoisotopic (exact) mass is 260 g/mol. The largest absolute Gasteiger partial charge is 0.478 e. The van der Waals surface area contributed by atoms with Crippen LogP contribution in [0.1, 0.15) is 29.6 Å². The van der Waals surface area contributed by atoms with Gasteiger partial charge in [-0.15, -0.1) is 10.2 Å². The molecule has 0 spiro atoms. The summed E-state index contributed by atoms with van der Waals surface area (Å²) in [5, 5.41) is 19.4. The first-order valence-corrected chi connectivity index (χ1v) is 6.04. The molecule has 2 heterocycles. The van der Waals surface area contributed by atoms with Gasteiger partial charge < -0.3 is 5.11 Å². The lowest BCUT2D eigenvalue weighted by molar-refractivity contribution is -0.122. The van der Waals surface area contributed by atoms with Gasteiger partial charge >= 0.3 is 5.97 Å². The fourth-order valence-corrected chi connectivity index (χ4v) is 2.05. The van der Waals surface area contributed by atoms with Crippen molar-refractivity contribution in [1.82, 2.24) is 14.6 Å². The van der Waals surface area contributed by atoms with Crippen LogP contribution in [0.5, 0.6) is 0 Å². The predicted octanol–water partition coefficient (Wildman–Crippen LogP) is 1.17. The normalized spacial score (nSPS) is 15.2. The number of aromatic carboxylic acids is 1. The van der Waals surface area contributed by atoms with Gasteiger partial charge in [-0.05, 0) is 25.0 Å². The second-order valence-electron chi connectivity index (χ2n) is 4.56. The van der Waals surface area contributed by atoms with Crippen LogP contribution in [-0.4, -0.2) is 31.6 Å². The van der Waals surface area contributed by atoms with Gasteiger partial charge in [0.05, 0.1) is 0 Å². The first-order valence-electron chi connectivity index (χ1n) is 6.04. The van der Waals surface area contributed by atoms with Crippen LogP contribution < -0.4 is 5.32 Å². The van der Waals surface area contributed by atoms with E-state index in [0.29, 0.717) is 0 Å². The molecule has 7 heteroatoms. The number of hydrogen-bond donors (Lipinski definition) is 2. The van der Waals surface area contributed by atoms with Crippen molar-refractivity contribution in [2.24, 2.45) is 5.92 Å². The minimum atomic E-state index is -1.07. The first kappa shape index (κ1) is 11.6. The van der Waals surface area contributed by atoms with Gasteiger partial charge in [0.1, 0.15) is 5.56 Å². The lowest BCUT2D eigenvalue weighted by atomic mass is 9.85. The van der Waals surface area contributed by atoms with E-state index in [1.807, 2.05) is 0 Å². The van der Waals surface area contributed by atoms with Crippen molar-refractivity contribution < 1.29 is 14.7 Å². The van der Waals surface area contributed by atoms with E-state index in [-0.39, 0.29) is 29.0 Å². The summed E-state index contributed by atoms with van der Waals surface area (Å²) in [7, 11) is 0. The zero-order chi connectivity index (χ0) is 13.4. The van der Waals surface area contributed by atoms with Crippen LogP contribution in [-0.2, 0) is 4.79 Å². The van der Waals surface area contributed by atoms with Crippen molar-refractivity contribution >= 4 is 23.5 Å². The van der Waals surface area contributed by atoms with Crippen LogP contribution in [0, 0.1) is 5.92 Å². The third-order valence-electron chi connectivity index (χ3n) is 3.38. The summed E-state index contributed by atoms with van der Waals surface area (Å²) >= 11 is 0. The zero-order valence-corrected chi connectivity index (χ0v) is 10.0. The number of anilines is 1. The SMILES string of the molecule is O=C(O)c1cccn2c(NC(=O)C3CCC3)nnc12. The number of fused-ring (bicyclic) bond motifs is 1. The maximum Gasteiger partial charge on any atom is 0.339 e. The van der Waals surface area contributed by atoms with E-state index < -0.39 is 5.97 Å². The summed E-state index contributed by atoms with van der Waals surface area (Å²) in [6.45, 7) is 0. The maximum absolute atomic E-state index is 11.8. The Kier molecular flexibility index (Phi) is 2.66. The molecule has 1 fully saturated rings. The number of carboxylic acids is 1. The van der Waals surface area contributed by atoms with E-state index >= 15 is 0 Å². The van der Waals surface area contributed by atoms with Crippen molar-refractivity contribution in [1.29, 1.82) is 0 Å². The Balaban J connectivity index is 1.94. The Morgan fingerprint density at radius 1 is 1.37 bits per heavy atom. The third-order valence-corrected chi connectivity index (χ3v) is 3.38. The topological polar surface area (TPSA) is 96.6 Å². The molecular formula is C12H12N4O3. The average molecular weight is 260 g/mol. The van der Waals surface area contributed by atoms with Crippen LogP contribution in [0.15, 0.2) is 18.3 Å². The van der Waals surface area contributed by atoms with Gasteiger partial charge in [-0.3, -0.25) is 14.5 Å². The number of carboxylic acid groups (broad SMARTS) is 1. The summed E-state index contributed by atoms with van der Waals surface area (Å²) in [5.74, 6) is -0.860. The van der Waals surface area contributed by atoms with Crippen LogP contribution in [0.2, 0.25) is 0 Å². The molecule has 0 saturated heterocycles. The van der Waals surface area contributed by atoms with Gasteiger partial charge in [-0.25, -0.2) is 4.79 Å². The summed E-state index contributed by atoms with van der Waals surface area (Å²) in [5.41, 5.74) is 0.276. The number of pyridine rings is 1. The highest BCUT2D eigenvalue weighted by Crippen LogP contribution is 2.27. The van der Waals surface area contributed by atoms with Crippen molar-refractivity contribution in [2.75, 3.05) is 5.32 Å². The molecule has 0 radical (unpaired) electrons. The number of nitrogens with one attached hydrogen (secondary N) is 1. The molecule has 0 aromatic carbocycles. The molecule has 1 saturated carbocycles. The number of nitrogens with zero attached hydrogens (tertiary/aromatic N) is 3. The number of carbonyl (C=O) groups is 2. The van der Waals surface area contributed by atoms with Gasteiger partial charge in [0, 0.05) is 12.1 Å². The van der Waals surface area contributed by atoms with Crippen LogP contribution >= 0.6 is 0 Å². The van der Waals surface area contributed by atoms with E-state index in [0.717, 1.165) is 19.3 Å². The number of rotatable bonds is 3. The van der Waals surface area contributed by atoms with E-state index in [1.165, 1.54) is 10.5 Å². The van der Waals surface area contributed by atoms with Crippen molar-refractivity contribution in [2.45, 2.75) is 19.3 Å². The van der Waals surface area contributed by atoms with Gasteiger partial charge in [0.15, 0.2) is 5.65 Å². The molecule has 2 N–H and O–H groups in total. The number of amides is 1. The maximum atomic E-state index is 11.8. The molecule has 0 aliphatic heterocycles. The van der Waals surface area contributed by atoms with Crippen molar-refractivity contribution in [3.63, 3.8) is 0 Å². The summed E-state index contributed by atoms with van der Waals surface area (Å²) < 4.78 is 1.47. The van der Waals surface area contributed by atoms with Crippen molar-refractivity contribution in [3.8, 4) is 0 Å². The van der Waals surface area contributed by atoms with E-state index in [1.54, 1.807) is 12.3 Å². The lowest BCUT2D eigenvalue weighted by Gasteiger charge is -2.23. The van der Waals surface area contributed by atoms with Gasteiger partial charge in [-0.2, -0.15) is 0 Å². The molecule has 0 atom stereocenters. The molecule has 98 valence electrons. The summed E-state index contributed by atoms with van der Waals surface area (Å²) in [6.07, 6.45) is 4.48. The standard InChI is InChI=1S/C12H12N4O3/c17-10(7-3-1-4-7)13-12-15-14-9-8(11(18)19)5-2-6-16(9)12/h2,5-7H,1,3-4H2,(H,18,19)(H,13,15,17). The Bertz CT molecular complexity index is 660. The highest BCUT2D eigenvalue weighted by Gasteiger charge is 2.26. The fraction of sp³-hybridized carbons (Fsp3) is 0.333. The van der Waals surface area contributed by atoms with Gasteiger partial charge in [0.25, 0.3) is 0 Å².